The minimum Gasteiger partial charge on any atom is -0.457 e. The van der Waals surface area contributed by atoms with Gasteiger partial charge in [-0.15, -0.1) is 34.9 Å². The molecular formula is C39H47N5O10S3. The number of aliphatic hydroxyl groups excluding tert-OH is 1. The molecule has 15 nitrogen and oxygen atoms in total. The number of fused-ring (bicyclic) bond motifs is 1. The van der Waals surface area contributed by atoms with Gasteiger partial charge < -0.3 is 34.4 Å². The van der Waals surface area contributed by atoms with Gasteiger partial charge in [0.15, 0.2) is 21.0 Å². The third-order valence-corrected chi connectivity index (χ3v) is 12.1. The number of ether oxygens (including phenoxy) is 3. The maximum absolute atomic E-state index is 14.3. The summed E-state index contributed by atoms with van der Waals surface area (Å²) in [4.78, 5) is 78.8. The van der Waals surface area contributed by atoms with Crippen LogP contribution >= 0.6 is 34.9 Å². The Bertz CT molecular complexity index is 1940. The van der Waals surface area contributed by atoms with Crippen molar-refractivity contribution in [3.63, 3.8) is 0 Å². The number of hydrogen-bond acceptors (Lipinski definition) is 15. The molecule has 2 saturated heterocycles. The Morgan fingerprint density at radius 3 is 2.12 bits per heavy atom. The Morgan fingerprint density at radius 1 is 0.965 bits per heavy atom. The Balaban J connectivity index is 1.39. The number of oxime groups is 1. The van der Waals surface area contributed by atoms with Crippen LogP contribution in [0.2, 0.25) is 0 Å². The minimum atomic E-state index is -1.65. The summed E-state index contributed by atoms with van der Waals surface area (Å²) in [6.07, 6.45) is -1.52. The van der Waals surface area contributed by atoms with Gasteiger partial charge in [0.2, 0.25) is 11.5 Å². The van der Waals surface area contributed by atoms with Crippen LogP contribution in [0.5, 0.6) is 0 Å². The highest BCUT2D eigenvalue weighted by Crippen LogP contribution is 2.53. The van der Waals surface area contributed by atoms with Crippen LogP contribution in [0, 0.1) is 0 Å². The molecule has 2 fully saturated rings. The summed E-state index contributed by atoms with van der Waals surface area (Å²) in [5, 5.41) is 19.9. The third kappa shape index (κ3) is 10.9. The molecule has 0 radical (unpaired) electrons. The highest BCUT2D eigenvalue weighted by molar-refractivity contribution is 8.20. The fraction of sp³-hybridized carbons (Fsp3) is 0.462. The Hall–Kier alpha value is -4.65. The van der Waals surface area contributed by atoms with E-state index in [1.54, 1.807) is 41.5 Å². The Kier molecular flexibility index (Phi) is 13.3. The van der Waals surface area contributed by atoms with Crippen molar-refractivity contribution in [3.8, 4) is 0 Å². The lowest BCUT2D eigenvalue weighted by Gasteiger charge is -2.41. The zero-order valence-corrected chi connectivity index (χ0v) is 35.3. The van der Waals surface area contributed by atoms with E-state index in [1.165, 1.54) is 24.1 Å². The first-order chi connectivity index (χ1) is 26.7. The van der Waals surface area contributed by atoms with Gasteiger partial charge in [-0.05, 0) is 66.5 Å². The van der Waals surface area contributed by atoms with E-state index in [4.69, 9.17) is 19.0 Å². The molecule has 0 aliphatic carbocycles. The van der Waals surface area contributed by atoms with Gasteiger partial charge in [0, 0.05) is 11.1 Å². The number of nitrogens with zero attached hydrogens (tertiary/aromatic N) is 3. The number of aliphatic hydroxyl groups is 1. The third-order valence-electron chi connectivity index (χ3n) is 8.11. The summed E-state index contributed by atoms with van der Waals surface area (Å²) in [5.74, 6) is -2.49. The zero-order chi connectivity index (χ0) is 41.8. The number of benzene rings is 2. The van der Waals surface area contributed by atoms with Crippen LogP contribution in [0.4, 0.5) is 9.93 Å². The molecule has 0 spiro atoms. The van der Waals surface area contributed by atoms with Crippen molar-refractivity contribution in [1.29, 1.82) is 0 Å². The summed E-state index contributed by atoms with van der Waals surface area (Å²) < 4.78 is 15.7. The van der Waals surface area contributed by atoms with Crippen molar-refractivity contribution in [2.45, 2.75) is 93.8 Å². The number of β-lactam (4-membered cyclic amide) rings is 1. The van der Waals surface area contributed by atoms with E-state index in [1.807, 2.05) is 60.7 Å². The average molecular weight is 842 g/mol. The van der Waals surface area contributed by atoms with Crippen molar-refractivity contribution >= 4 is 75.6 Å². The fourth-order valence-corrected chi connectivity index (χ4v) is 9.19. The predicted octanol–water partition coefficient (Wildman–Crippen LogP) is 5.49. The fourth-order valence-electron chi connectivity index (χ4n) is 5.50. The normalized spacial score (nSPS) is 19.6. The van der Waals surface area contributed by atoms with Crippen LogP contribution in [0.3, 0.4) is 0 Å². The van der Waals surface area contributed by atoms with Gasteiger partial charge in [-0.1, -0.05) is 65.8 Å². The standard InChI is InChI=1S/C39H47N5O10S3/c1-36(2,3)52-32(48)38(7,8)54-43-26(25-21-55-34(40-25)42-35(50)53-37(4,5)6)29(46)41-27-30(47)44-22-39(56-20-19-45,57-31(27)44)33(49)51-28(23-15-11-9-12-16-23)24-17-13-10-14-18-24/h9-18,21,27-28,31,45H,19-20,22H2,1-8H3,(H,41,46)(H,40,42,50)/b43-26-/t27-,31-,39-/m1/s1. The Morgan fingerprint density at radius 2 is 1.56 bits per heavy atom. The van der Waals surface area contributed by atoms with Gasteiger partial charge in [-0.2, -0.15) is 0 Å². The number of anilines is 1. The maximum Gasteiger partial charge on any atom is 0.413 e. The molecule has 2 aromatic carbocycles. The van der Waals surface area contributed by atoms with Crippen LogP contribution in [-0.4, -0.2) is 102 Å². The van der Waals surface area contributed by atoms with Gasteiger partial charge in [0.25, 0.3) is 5.91 Å². The van der Waals surface area contributed by atoms with Crippen molar-refractivity contribution in [1.82, 2.24) is 15.2 Å². The number of hydrogen-bond donors (Lipinski definition) is 3. The number of carbonyl (C=O) groups is 5. The minimum absolute atomic E-state index is 0.0319. The first-order valence-corrected chi connectivity index (χ1v) is 20.8. The second-order valence-corrected chi connectivity index (χ2v) is 19.5. The van der Waals surface area contributed by atoms with Gasteiger partial charge in [0.05, 0.1) is 13.2 Å². The molecule has 2 aliphatic rings. The molecular weight excluding hydrogens is 795 g/mol. The largest absolute Gasteiger partial charge is 0.457 e. The SMILES string of the molecule is CC(C)(C)OC(=O)Nc1nc(/C(=N/OC(C)(C)C(=O)OC(C)(C)C)C(=O)N[C@@H]2C(=O)N3C[C@](SCCO)(C(=O)OC(c4ccccc4)c4ccccc4)S[C@H]23)cs1. The lowest BCUT2D eigenvalue weighted by molar-refractivity contribution is -0.179. The van der Waals surface area contributed by atoms with Gasteiger partial charge in [-0.25, -0.2) is 19.4 Å². The van der Waals surface area contributed by atoms with E-state index < -0.39 is 74.0 Å². The number of esters is 2. The van der Waals surface area contributed by atoms with E-state index in [0.29, 0.717) is 0 Å². The molecule has 3 N–H and O–H groups in total. The second-order valence-electron chi connectivity index (χ2n) is 15.6. The number of thioether (sulfide) groups is 2. The highest BCUT2D eigenvalue weighted by atomic mass is 32.2. The van der Waals surface area contributed by atoms with Gasteiger partial charge >= 0.3 is 18.0 Å². The summed E-state index contributed by atoms with van der Waals surface area (Å²) in [6.45, 7) is 12.8. The van der Waals surface area contributed by atoms with Crippen molar-refractivity contribution < 1.29 is 48.1 Å². The van der Waals surface area contributed by atoms with Crippen LogP contribution in [0.25, 0.3) is 0 Å². The van der Waals surface area contributed by atoms with E-state index in [0.717, 1.165) is 46.0 Å². The first kappa shape index (κ1) is 43.5. The molecule has 1 aromatic heterocycles. The molecule has 3 atom stereocenters. The molecule has 5 rings (SSSR count). The van der Waals surface area contributed by atoms with Crippen LogP contribution in [-0.2, 0) is 38.2 Å². The van der Waals surface area contributed by atoms with E-state index in [-0.39, 0.29) is 29.7 Å². The molecule has 3 amide bonds. The molecule has 306 valence electrons. The van der Waals surface area contributed by atoms with Crippen molar-refractivity contribution in [3.05, 3.63) is 82.9 Å². The summed E-state index contributed by atoms with van der Waals surface area (Å²) in [6, 6.07) is 17.5. The lowest BCUT2D eigenvalue weighted by atomic mass is 10.0. The van der Waals surface area contributed by atoms with Crippen LogP contribution < -0.4 is 10.6 Å². The molecule has 0 bridgehead atoms. The molecule has 18 heteroatoms. The monoisotopic (exact) mass is 841 g/mol. The smallest absolute Gasteiger partial charge is 0.413 e. The van der Waals surface area contributed by atoms with Gasteiger partial charge in [-0.3, -0.25) is 14.9 Å². The number of rotatable bonds is 14. The Labute approximate surface area is 343 Å². The van der Waals surface area contributed by atoms with Gasteiger partial charge in [0.1, 0.15) is 28.3 Å². The summed E-state index contributed by atoms with van der Waals surface area (Å²) >= 11 is 3.30. The lowest BCUT2D eigenvalue weighted by Crippen LogP contribution is -2.68. The number of aromatic nitrogens is 1. The number of thiazole rings is 1. The average Bonchev–Trinajstić information content (AvgIpc) is 3.74. The quantitative estimate of drug-likeness (QED) is 0.0607. The predicted molar refractivity (Wildman–Crippen MR) is 218 cm³/mol. The van der Waals surface area contributed by atoms with Crippen LogP contribution in [0.1, 0.15) is 78.3 Å². The highest BCUT2D eigenvalue weighted by Gasteiger charge is 2.63. The zero-order valence-electron chi connectivity index (χ0n) is 32.9. The summed E-state index contributed by atoms with van der Waals surface area (Å²) in [7, 11) is 0. The van der Waals surface area contributed by atoms with E-state index >= 15 is 0 Å². The molecule has 57 heavy (non-hydrogen) atoms. The van der Waals surface area contributed by atoms with Crippen molar-refractivity contribution in [2.75, 3.05) is 24.2 Å². The molecule has 0 saturated carbocycles. The van der Waals surface area contributed by atoms with Crippen LogP contribution in [0.15, 0.2) is 71.2 Å². The molecule has 3 aromatic rings. The molecule has 2 aliphatic heterocycles. The maximum atomic E-state index is 14.3. The topological polar surface area (TPSA) is 195 Å². The van der Waals surface area contributed by atoms with Crippen molar-refractivity contribution in [2.24, 2.45) is 5.16 Å². The summed E-state index contributed by atoms with van der Waals surface area (Å²) in [5.41, 5.74) is -2.20. The second kappa shape index (κ2) is 17.5. The van der Waals surface area contributed by atoms with E-state index in [2.05, 4.69) is 20.8 Å². The first-order valence-electron chi connectivity index (χ1n) is 18.0. The molecule has 0 unspecified atom stereocenters. The number of amides is 3. The number of nitrogens with one attached hydrogen (secondary N) is 2. The van der Waals surface area contributed by atoms with E-state index in [9.17, 15) is 29.1 Å². The molecule has 3 heterocycles. The number of carbonyl (C=O) groups excluding carboxylic acids is 5.